The maximum absolute atomic E-state index is 12.5. The summed E-state index contributed by atoms with van der Waals surface area (Å²) in [5, 5.41) is 14.3. The van der Waals surface area contributed by atoms with Crippen molar-refractivity contribution in [1.82, 2.24) is 5.32 Å². The standard InChI is InChI=1S/C21H19NO4/c23-17-12-19(26-18-9-5-4-8-16(17)18)20(24)22-13-21(25,15-10-11-15)14-6-2-1-3-7-14/h1-9,12,15,25H,10-11,13H2,(H,22,24). The average molecular weight is 349 g/mol. The van der Waals surface area contributed by atoms with Crippen LogP contribution in [-0.4, -0.2) is 17.6 Å². The smallest absolute Gasteiger partial charge is 0.287 e. The van der Waals surface area contributed by atoms with Gasteiger partial charge in [-0.1, -0.05) is 42.5 Å². The number of hydrogen-bond donors (Lipinski definition) is 2. The van der Waals surface area contributed by atoms with Crippen molar-refractivity contribution in [3.63, 3.8) is 0 Å². The number of amides is 1. The van der Waals surface area contributed by atoms with E-state index in [4.69, 9.17) is 4.42 Å². The molecule has 5 nitrogen and oxygen atoms in total. The van der Waals surface area contributed by atoms with Crippen LogP contribution in [0.4, 0.5) is 0 Å². The van der Waals surface area contributed by atoms with E-state index in [9.17, 15) is 14.7 Å². The fourth-order valence-corrected chi connectivity index (χ4v) is 3.29. The lowest BCUT2D eigenvalue weighted by molar-refractivity contribution is 0.0132. The summed E-state index contributed by atoms with van der Waals surface area (Å²) in [4.78, 5) is 24.7. The van der Waals surface area contributed by atoms with Crippen LogP contribution >= 0.6 is 0 Å². The SMILES string of the molecule is O=C(NCC(O)(c1ccccc1)C1CC1)c1cc(=O)c2ccccc2o1. The molecule has 26 heavy (non-hydrogen) atoms. The van der Waals surface area contributed by atoms with E-state index < -0.39 is 11.5 Å². The first kappa shape index (κ1) is 16.5. The van der Waals surface area contributed by atoms with Crippen LogP contribution in [0.15, 0.2) is 69.9 Å². The lowest BCUT2D eigenvalue weighted by Gasteiger charge is -2.29. The largest absolute Gasteiger partial charge is 0.451 e. The minimum Gasteiger partial charge on any atom is -0.451 e. The summed E-state index contributed by atoms with van der Waals surface area (Å²) in [5.74, 6) is -0.448. The van der Waals surface area contributed by atoms with Gasteiger partial charge in [-0.15, -0.1) is 0 Å². The Morgan fingerprint density at radius 2 is 1.81 bits per heavy atom. The van der Waals surface area contributed by atoms with Gasteiger partial charge in [0, 0.05) is 6.07 Å². The number of rotatable bonds is 5. The molecule has 1 aliphatic rings. The molecule has 1 heterocycles. The van der Waals surface area contributed by atoms with Gasteiger partial charge in [-0.05, 0) is 36.5 Å². The van der Waals surface area contributed by atoms with Crippen LogP contribution in [0.2, 0.25) is 0 Å². The average Bonchev–Trinajstić information content (AvgIpc) is 3.52. The zero-order valence-electron chi connectivity index (χ0n) is 14.1. The molecule has 3 aromatic rings. The van der Waals surface area contributed by atoms with E-state index in [1.807, 2.05) is 30.3 Å². The molecule has 0 bridgehead atoms. The Hall–Kier alpha value is -2.92. The number of carbonyl (C=O) groups is 1. The number of hydrogen-bond acceptors (Lipinski definition) is 4. The highest BCUT2D eigenvalue weighted by atomic mass is 16.3. The van der Waals surface area contributed by atoms with Crippen LogP contribution in [0.5, 0.6) is 0 Å². The van der Waals surface area contributed by atoms with Crippen molar-refractivity contribution in [3.05, 3.63) is 82.2 Å². The molecule has 4 rings (SSSR count). The summed E-state index contributed by atoms with van der Waals surface area (Å²) in [5.41, 5.74) is -0.236. The van der Waals surface area contributed by atoms with Gasteiger partial charge in [-0.2, -0.15) is 0 Å². The van der Waals surface area contributed by atoms with Gasteiger partial charge >= 0.3 is 0 Å². The molecular weight excluding hydrogens is 330 g/mol. The lowest BCUT2D eigenvalue weighted by atomic mass is 9.88. The number of fused-ring (bicyclic) bond motifs is 1. The normalized spacial score (nSPS) is 16.2. The van der Waals surface area contributed by atoms with Gasteiger partial charge in [0.2, 0.25) is 0 Å². The second kappa shape index (κ2) is 6.42. The molecule has 0 aliphatic heterocycles. The van der Waals surface area contributed by atoms with Crippen molar-refractivity contribution >= 4 is 16.9 Å². The lowest BCUT2D eigenvalue weighted by Crippen LogP contribution is -2.42. The van der Waals surface area contributed by atoms with Gasteiger partial charge < -0.3 is 14.8 Å². The van der Waals surface area contributed by atoms with Crippen LogP contribution in [0.1, 0.15) is 29.0 Å². The molecule has 1 atom stereocenters. The van der Waals surface area contributed by atoms with Crippen LogP contribution in [-0.2, 0) is 5.60 Å². The van der Waals surface area contributed by atoms with Crippen molar-refractivity contribution in [1.29, 1.82) is 0 Å². The molecule has 1 saturated carbocycles. The Balaban J connectivity index is 1.57. The Morgan fingerprint density at radius 3 is 2.54 bits per heavy atom. The molecular formula is C21H19NO4. The minimum atomic E-state index is -1.12. The van der Waals surface area contributed by atoms with Crippen LogP contribution in [0.25, 0.3) is 11.0 Å². The first-order valence-corrected chi connectivity index (χ1v) is 8.67. The molecule has 5 heteroatoms. The van der Waals surface area contributed by atoms with Gasteiger partial charge in [0.1, 0.15) is 11.2 Å². The van der Waals surface area contributed by atoms with Crippen LogP contribution < -0.4 is 10.7 Å². The zero-order valence-corrected chi connectivity index (χ0v) is 14.1. The zero-order chi connectivity index (χ0) is 18.1. The van der Waals surface area contributed by atoms with Gasteiger partial charge in [0.25, 0.3) is 5.91 Å². The van der Waals surface area contributed by atoms with Gasteiger partial charge in [-0.3, -0.25) is 9.59 Å². The number of carbonyl (C=O) groups excluding carboxylic acids is 1. The van der Waals surface area contributed by atoms with Gasteiger partial charge in [0.15, 0.2) is 11.2 Å². The van der Waals surface area contributed by atoms with Crippen molar-refractivity contribution in [3.8, 4) is 0 Å². The third kappa shape index (κ3) is 3.02. The van der Waals surface area contributed by atoms with Gasteiger partial charge in [-0.25, -0.2) is 0 Å². The van der Waals surface area contributed by atoms with E-state index in [2.05, 4.69) is 5.32 Å². The molecule has 0 saturated heterocycles. The topological polar surface area (TPSA) is 79.5 Å². The van der Waals surface area contributed by atoms with E-state index in [1.165, 1.54) is 6.07 Å². The summed E-state index contributed by atoms with van der Waals surface area (Å²) < 4.78 is 5.56. The number of para-hydroxylation sites is 1. The summed E-state index contributed by atoms with van der Waals surface area (Å²) in [6.45, 7) is 0.0665. The predicted molar refractivity (Wildman–Crippen MR) is 97.9 cm³/mol. The molecule has 0 radical (unpaired) electrons. The Bertz CT molecular complexity index is 1010. The van der Waals surface area contributed by atoms with Gasteiger partial charge in [0.05, 0.1) is 11.9 Å². The van der Waals surface area contributed by atoms with Crippen molar-refractivity contribution < 1.29 is 14.3 Å². The summed E-state index contributed by atoms with van der Waals surface area (Å²) in [6.07, 6.45) is 1.85. The predicted octanol–water partition coefficient (Wildman–Crippen LogP) is 2.82. The summed E-state index contributed by atoms with van der Waals surface area (Å²) in [6, 6.07) is 17.3. The molecule has 1 aliphatic carbocycles. The Labute approximate surface area is 150 Å². The Morgan fingerprint density at radius 1 is 1.12 bits per heavy atom. The highest BCUT2D eigenvalue weighted by molar-refractivity contribution is 5.93. The van der Waals surface area contributed by atoms with E-state index in [0.717, 1.165) is 18.4 Å². The van der Waals surface area contributed by atoms with E-state index in [-0.39, 0.29) is 23.7 Å². The van der Waals surface area contributed by atoms with E-state index in [0.29, 0.717) is 11.0 Å². The fourth-order valence-electron chi connectivity index (χ4n) is 3.29. The first-order valence-electron chi connectivity index (χ1n) is 8.67. The second-order valence-electron chi connectivity index (χ2n) is 6.72. The van der Waals surface area contributed by atoms with Crippen LogP contribution in [0, 0.1) is 5.92 Å². The number of nitrogens with one attached hydrogen (secondary N) is 1. The Kier molecular flexibility index (Phi) is 4.09. The number of benzene rings is 2. The molecule has 1 amide bonds. The molecule has 2 N–H and O–H groups in total. The molecule has 1 aromatic heterocycles. The second-order valence-corrected chi connectivity index (χ2v) is 6.72. The molecule has 0 spiro atoms. The quantitative estimate of drug-likeness (QED) is 0.742. The fraction of sp³-hybridized carbons (Fsp3) is 0.238. The summed E-state index contributed by atoms with van der Waals surface area (Å²) >= 11 is 0. The summed E-state index contributed by atoms with van der Waals surface area (Å²) in [7, 11) is 0. The highest BCUT2D eigenvalue weighted by Gasteiger charge is 2.45. The first-order chi connectivity index (χ1) is 12.6. The monoisotopic (exact) mass is 349 g/mol. The maximum Gasteiger partial charge on any atom is 0.287 e. The third-order valence-corrected chi connectivity index (χ3v) is 4.90. The third-order valence-electron chi connectivity index (χ3n) is 4.90. The molecule has 2 aromatic carbocycles. The van der Waals surface area contributed by atoms with Crippen molar-refractivity contribution in [2.45, 2.75) is 18.4 Å². The maximum atomic E-state index is 12.5. The van der Waals surface area contributed by atoms with Crippen molar-refractivity contribution in [2.24, 2.45) is 5.92 Å². The molecule has 132 valence electrons. The highest BCUT2D eigenvalue weighted by Crippen LogP contribution is 2.45. The molecule has 1 fully saturated rings. The van der Waals surface area contributed by atoms with Crippen molar-refractivity contribution in [2.75, 3.05) is 6.54 Å². The van der Waals surface area contributed by atoms with Crippen LogP contribution in [0.3, 0.4) is 0 Å². The van der Waals surface area contributed by atoms with E-state index in [1.54, 1.807) is 24.3 Å². The number of aliphatic hydroxyl groups is 1. The molecule has 1 unspecified atom stereocenters. The minimum absolute atomic E-state index is 0.0556. The van der Waals surface area contributed by atoms with E-state index >= 15 is 0 Å².